The van der Waals surface area contributed by atoms with Crippen molar-refractivity contribution in [1.29, 1.82) is 0 Å². The van der Waals surface area contributed by atoms with Gasteiger partial charge in [-0.25, -0.2) is 0 Å². The largest absolute Gasteiger partial charge is 0.507 e. The Labute approximate surface area is 127 Å². The minimum Gasteiger partial charge on any atom is -0.507 e. The average Bonchev–Trinajstić information content (AvgIpc) is 2.55. The van der Waals surface area contributed by atoms with Crippen LogP contribution in [0.1, 0.15) is 0 Å². The molecule has 0 bridgehead atoms. The molecule has 4 aromatic rings. The van der Waals surface area contributed by atoms with E-state index in [4.69, 9.17) is 0 Å². The zero-order chi connectivity index (χ0) is 15.1. The summed E-state index contributed by atoms with van der Waals surface area (Å²) in [7, 11) is 0. The van der Waals surface area contributed by atoms with Gasteiger partial charge in [0.15, 0.2) is 0 Å². The van der Waals surface area contributed by atoms with Crippen molar-refractivity contribution in [3.05, 3.63) is 72.8 Å². The van der Waals surface area contributed by atoms with Crippen LogP contribution < -0.4 is 0 Å². The lowest BCUT2D eigenvalue weighted by Crippen LogP contribution is -1.85. The van der Waals surface area contributed by atoms with E-state index in [1.807, 2.05) is 60.7 Å². The van der Waals surface area contributed by atoms with Gasteiger partial charge >= 0.3 is 0 Å². The van der Waals surface area contributed by atoms with Gasteiger partial charge in [0.05, 0.1) is 0 Å². The van der Waals surface area contributed by atoms with Crippen LogP contribution in [-0.4, -0.2) is 10.2 Å². The summed E-state index contributed by atoms with van der Waals surface area (Å²) in [6.45, 7) is 0. The fourth-order valence-corrected chi connectivity index (χ4v) is 3.06. The van der Waals surface area contributed by atoms with Crippen molar-refractivity contribution in [2.75, 3.05) is 0 Å². The highest BCUT2D eigenvalue weighted by atomic mass is 16.3. The smallest absolute Gasteiger partial charge is 0.124 e. The molecule has 0 aliphatic rings. The lowest BCUT2D eigenvalue weighted by Gasteiger charge is -2.12. The third-order valence-electron chi connectivity index (χ3n) is 4.07. The van der Waals surface area contributed by atoms with E-state index >= 15 is 0 Å². The summed E-state index contributed by atoms with van der Waals surface area (Å²) in [4.78, 5) is 0. The molecular formula is C20H14O2. The molecule has 0 unspecified atom stereocenters. The maximum Gasteiger partial charge on any atom is 0.124 e. The van der Waals surface area contributed by atoms with Gasteiger partial charge in [-0.2, -0.15) is 0 Å². The van der Waals surface area contributed by atoms with Crippen molar-refractivity contribution in [3.63, 3.8) is 0 Å². The first-order chi connectivity index (χ1) is 10.8. The molecule has 2 heteroatoms. The molecule has 2 nitrogen and oxygen atoms in total. The topological polar surface area (TPSA) is 40.5 Å². The van der Waals surface area contributed by atoms with Gasteiger partial charge < -0.3 is 10.2 Å². The zero-order valence-corrected chi connectivity index (χ0v) is 11.8. The van der Waals surface area contributed by atoms with Gasteiger partial charge in [0, 0.05) is 10.8 Å². The van der Waals surface area contributed by atoms with E-state index in [0.29, 0.717) is 0 Å². The standard InChI is InChI=1S/C20H14O2/c21-18-12-11-15(14-7-1-2-8-16(14)18)17-9-3-5-13-6-4-10-19(22)20(13)17/h1-12,21-22H. The van der Waals surface area contributed by atoms with E-state index in [1.165, 1.54) is 0 Å². The molecule has 0 aliphatic heterocycles. The van der Waals surface area contributed by atoms with Crippen LogP contribution in [0.3, 0.4) is 0 Å². The number of hydrogen-bond acceptors (Lipinski definition) is 2. The van der Waals surface area contributed by atoms with Crippen molar-refractivity contribution < 1.29 is 10.2 Å². The van der Waals surface area contributed by atoms with Crippen molar-refractivity contribution in [2.24, 2.45) is 0 Å². The van der Waals surface area contributed by atoms with Crippen molar-refractivity contribution in [3.8, 4) is 22.6 Å². The normalized spacial score (nSPS) is 11.1. The Balaban J connectivity index is 2.15. The average molecular weight is 286 g/mol. The van der Waals surface area contributed by atoms with E-state index < -0.39 is 0 Å². The SMILES string of the molecule is Oc1ccc(-c2cccc3cccc(O)c23)c2ccccc12. The number of aromatic hydroxyl groups is 2. The summed E-state index contributed by atoms with van der Waals surface area (Å²) in [5, 5.41) is 24.0. The van der Waals surface area contributed by atoms with Crippen molar-refractivity contribution in [1.82, 2.24) is 0 Å². The van der Waals surface area contributed by atoms with Gasteiger partial charge in [-0.1, -0.05) is 60.7 Å². The van der Waals surface area contributed by atoms with Crippen LogP contribution in [0.25, 0.3) is 32.7 Å². The van der Waals surface area contributed by atoms with E-state index in [0.717, 1.165) is 32.7 Å². The van der Waals surface area contributed by atoms with Crippen molar-refractivity contribution >= 4 is 21.5 Å². The Hall–Kier alpha value is -3.00. The second-order valence-corrected chi connectivity index (χ2v) is 5.36. The second-order valence-electron chi connectivity index (χ2n) is 5.36. The minimum atomic E-state index is 0.267. The molecule has 4 rings (SSSR count). The highest BCUT2D eigenvalue weighted by molar-refractivity contribution is 6.08. The number of fused-ring (bicyclic) bond motifs is 2. The maximum atomic E-state index is 10.3. The van der Waals surface area contributed by atoms with Crippen LogP contribution in [0.2, 0.25) is 0 Å². The zero-order valence-electron chi connectivity index (χ0n) is 11.8. The lowest BCUT2D eigenvalue weighted by molar-refractivity contribution is 0.481. The quantitative estimate of drug-likeness (QED) is 0.513. The molecule has 0 atom stereocenters. The summed E-state index contributed by atoms with van der Waals surface area (Å²) < 4.78 is 0. The summed E-state index contributed by atoms with van der Waals surface area (Å²) in [6.07, 6.45) is 0. The van der Waals surface area contributed by atoms with E-state index in [2.05, 4.69) is 0 Å². The number of phenolic OH excluding ortho intramolecular Hbond substituents is 2. The number of hydrogen-bond donors (Lipinski definition) is 2. The Bertz CT molecular complexity index is 998. The Morgan fingerprint density at radius 3 is 2.05 bits per heavy atom. The summed E-state index contributed by atoms with van der Waals surface area (Å²) in [5.74, 6) is 0.536. The molecule has 106 valence electrons. The molecule has 0 saturated carbocycles. The van der Waals surface area contributed by atoms with Crippen LogP contribution in [0, 0.1) is 0 Å². The van der Waals surface area contributed by atoms with Gasteiger partial charge in [-0.15, -0.1) is 0 Å². The minimum absolute atomic E-state index is 0.267. The molecule has 0 aromatic heterocycles. The fourth-order valence-electron chi connectivity index (χ4n) is 3.06. The Morgan fingerprint density at radius 1 is 0.500 bits per heavy atom. The molecular weight excluding hydrogens is 272 g/mol. The first kappa shape index (κ1) is 12.7. The van der Waals surface area contributed by atoms with E-state index in [1.54, 1.807) is 12.1 Å². The van der Waals surface area contributed by atoms with Gasteiger partial charge in [0.2, 0.25) is 0 Å². The van der Waals surface area contributed by atoms with E-state index in [-0.39, 0.29) is 11.5 Å². The molecule has 0 heterocycles. The predicted molar refractivity (Wildman–Crippen MR) is 90.2 cm³/mol. The molecule has 0 amide bonds. The van der Waals surface area contributed by atoms with Gasteiger partial charge in [0.25, 0.3) is 0 Å². The molecule has 0 radical (unpaired) electrons. The molecule has 2 N–H and O–H groups in total. The molecule has 4 aromatic carbocycles. The van der Waals surface area contributed by atoms with Gasteiger partial charge in [0.1, 0.15) is 11.5 Å². The van der Waals surface area contributed by atoms with Crippen LogP contribution in [0.5, 0.6) is 11.5 Å². The van der Waals surface area contributed by atoms with E-state index in [9.17, 15) is 10.2 Å². The van der Waals surface area contributed by atoms with Gasteiger partial charge in [-0.3, -0.25) is 0 Å². The highest BCUT2D eigenvalue weighted by Gasteiger charge is 2.11. The molecule has 0 aliphatic carbocycles. The lowest BCUT2D eigenvalue weighted by atomic mass is 9.93. The monoisotopic (exact) mass is 286 g/mol. The summed E-state index contributed by atoms with van der Waals surface area (Å²) in [5.41, 5.74) is 1.97. The van der Waals surface area contributed by atoms with Crippen LogP contribution in [-0.2, 0) is 0 Å². The predicted octanol–water partition coefficient (Wildman–Crippen LogP) is 5.07. The molecule has 0 saturated heterocycles. The number of phenols is 2. The van der Waals surface area contributed by atoms with Crippen LogP contribution >= 0.6 is 0 Å². The highest BCUT2D eigenvalue weighted by Crippen LogP contribution is 2.39. The third kappa shape index (κ3) is 1.81. The Kier molecular flexibility index (Phi) is 2.76. The number of rotatable bonds is 1. The Morgan fingerprint density at radius 2 is 1.23 bits per heavy atom. The summed E-state index contributed by atoms with van der Waals surface area (Å²) >= 11 is 0. The van der Waals surface area contributed by atoms with Gasteiger partial charge in [-0.05, 0) is 34.0 Å². The molecule has 0 fully saturated rings. The third-order valence-corrected chi connectivity index (χ3v) is 4.07. The first-order valence-corrected chi connectivity index (χ1v) is 7.17. The molecule has 0 spiro atoms. The van der Waals surface area contributed by atoms with Crippen LogP contribution in [0.15, 0.2) is 72.8 Å². The maximum absolute atomic E-state index is 10.3. The fraction of sp³-hybridized carbons (Fsp3) is 0. The van der Waals surface area contributed by atoms with Crippen molar-refractivity contribution in [2.45, 2.75) is 0 Å². The summed E-state index contributed by atoms with van der Waals surface area (Å²) in [6, 6.07) is 22.9. The first-order valence-electron chi connectivity index (χ1n) is 7.17. The second kappa shape index (κ2) is 4.78. The molecule has 22 heavy (non-hydrogen) atoms. The number of benzene rings is 4. The van der Waals surface area contributed by atoms with Crippen LogP contribution in [0.4, 0.5) is 0 Å².